The Morgan fingerprint density at radius 1 is 1.40 bits per heavy atom. The molecular formula is C10H8ClN3O. The number of aryl methyl sites for hydroxylation is 1. The fourth-order valence-corrected chi connectivity index (χ4v) is 1.35. The van der Waals surface area contributed by atoms with Crippen molar-refractivity contribution in [3.05, 3.63) is 47.0 Å². The van der Waals surface area contributed by atoms with Crippen LogP contribution >= 0.6 is 11.6 Å². The molecule has 0 radical (unpaired) electrons. The third-order valence-electron chi connectivity index (χ3n) is 2.01. The van der Waals surface area contributed by atoms with Crippen LogP contribution in [0.4, 0.5) is 0 Å². The summed E-state index contributed by atoms with van der Waals surface area (Å²) >= 11 is 5.68. The van der Waals surface area contributed by atoms with Gasteiger partial charge in [0.25, 0.3) is 0 Å². The summed E-state index contributed by atoms with van der Waals surface area (Å²) in [5.74, 6) is -0.160. The SMILES string of the molecule is Cn1nccc1C(=O)c1ccc(Cl)cn1. The molecule has 0 aliphatic rings. The van der Waals surface area contributed by atoms with Gasteiger partial charge < -0.3 is 0 Å². The average Bonchev–Trinajstić information content (AvgIpc) is 2.65. The fourth-order valence-electron chi connectivity index (χ4n) is 1.24. The molecule has 15 heavy (non-hydrogen) atoms. The molecule has 0 unspecified atom stereocenters. The molecule has 0 spiro atoms. The van der Waals surface area contributed by atoms with Gasteiger partial charge in [0.2, 0.25) is 5.78 Å². The first-order valence-corrected chi connectivity index (χ1v) is 4.70. The second kappa shape index (κ2) is 3.82. The highest BCUT2D eigenvalue weighted by Gasteiger charge is 2.13. The number of halogens is 1. The molecule has 0 saturated carbocycles. The van der Waals surface area contributed by atoms with Gasteiger partial charge in [-0.15, -0.1) is 0 Å². The van der Waals surface area contributed by atoms with Crippen molar-refractivity contribution >= 4 is 17.4 Å². The summed E-state index contributed by atoms with van der Waals surface area (Å²) in [5.41, 5.74) is 0.868. The molecule has 0 amide bonds. The number of hydrogen-bond acceptors (Lipinski definition) is 3. The van der Waals surface area contributed by atoms with Crippen LogP contribution in [0.2, 0.25) is 5.02 Å². The van der Waals surface area contributed by atoms with Gasteiger partial charge >= 0.3 is 0 Å². The van der Waals surface area contributed by atoms with Crippen molar-refractivity contribution in [3.63, 3.8) is 0 Å². The Hall–Kier alpha value is -1.68. The zero-order valence-corrected chi connectivity index (χ0v) is 8.77. The lowest BCUT2D eigenvalue weighted by atomic mass is 10.2. The van der Waals surface area contributed by atoms with Gasteiger partial charge in [0, 0.05) is 19.4 Å². The molecule has 2 rings (SSSR count). The lowest BCUT2D eigenvalue weighted by Gasteiger charge is -2.00. The van der Waals surface area contributed by atoms with E-state index in [9.17, 15) is 4.79 Å². The molecule has 2 aromatic heterocycles. The number of ketones is 1. The number of carbonyl (C=O) groups is 1. The highest BCUT2D eigenvalue weighted by molar-refractivity contribution is 6.30. The minimum absolute atomic E-state index is 0.160. The van der Waals surface area contributed by atoms with E-state index in [4.69, 9.17) is 11.6 Å². The summed E-state index contributed by atoms with van der Waals surface area (Å²) in [4.78, 5) is 15.8. The summed E-state index contributed by atoms with van der Waals surface area (Å²) in [7, 11) is 1.71. The predicted octanol–water partition coefficient (Wildman–Crippen LogP) is 1.70. The van der Waals surface area contributed by atoms with Crippen LogP contribution in [-0.2, 0) is 7.05 Å². The van der Waals surface area contributed by atoms with E-state index in [0.29, 0.717) is 16.4 Å². The topological polar surface area (TPSA) is 47.8 Å². The van der Waals surface area contributed by atoms with Crippen LogP contribution in [-0.4, -0.2) is 20.5 Å². The van der Waals surface area contributed by atoms with E-state index >= 15 is 0 Å². The Morgan fingerprint density at radius 2 is 2.20 bits per heavy atom. The van der Waals surface area contributed by atoms with Crippen LogP contribution in [0.5, 0.6) is 0 Å². The van der Waals surface area contributed by atoms with Crippen molar-refractivity contribution in [2.45, 2.75) is 0 Å². The van der Waals surface area contributed by atoms with E-state index in [1.54, 1.807) is 31.4 Å². The van der Waals surface area contributed by atoms with Crippen molar-refractivity contribution in [2.75, 3.05) is 0 Å². The maximum atomic E-state index is 11.9. The summed E-state index contributed by atoms with van der Waals surface area (Å²) in [6, 6.07) is 4.88. The molecule has 2 aromatic rings. The number of rotatable bonds is 2. The van der Waals surface area contributed by atoms with Gasteiger partial charge in [0.15, 0.2) is 0 Å². The molecule has 2 heterocycles. The number of hydrogen-bond donors (Lipinski definition) is 0. The number of carbonyl (C=O) groups excluding carboxylic acids is 1. The molecular weight excluding hydrogens is 214 g/mol. The molecule has 0 atom stereocenters. The third kappa shape index (κ3) is 1.89. The quantitative estimate of drug-likeness (QED) is 0.726. The zero-order chi connectivity index (χ0) is 10.8. The Morgan fingerprint density at radius 3 is 2.73 bits per heavy atom. The number of pyridine rings is 1. The van der Waals surface area contributed by atoms with Crippen LogP contribution in [0.25, 0.3) is 0 Å². The highest BCUT2D eigenvalue weighted by Crippen LogP contribution is 2.10. The molecule has 0 fully saturated rings. The molecule has 5 heteroatoms. The molecule has 0 aromatic carbocycles. The lowest BCUT2D eigenvalue weighted by molar-refractivity contribution is 0.102. The van der Waals surface area contributed by atoms with E-state index in [-0.39, 0.29) is 5.78 Å². The Balaban J connectivity index is 2.37. The van der Waals surface area contributed by atoms with Crippen molar-refractivity contribution in [1.29, 1.82) is 0 Å². The largest absolute Gasteiger partial charge is 0.285 e. The minimum atomic E-state index is -0.160. The second-order valence-electron chi connectivity index (χ2n) is 3.03. The van der Waals surface area contributed by atoms with Crippen LogP contribution in [0.15, 0.2) is 30.6 Å². The van der Waals surface area contributed by atoms with Gasteiger partial charge in [0.05, 0.1) is 5.02 Å². The van der Waals surface area contributed by atoms with Crippen molar-refractivity contribution in [2.24, 2.45) is 7.05 Å². The van der Waals surface area contributed by atoms with Gasteiger partial charge in [-0.25, -0.2) is 0 Å². The first-order chi connectivity index (χ1) is 7.18. The molecule has 0 N–H and O–H groups in total. The normalized spacial score (nSPS) is 10.3. The Bertz CT molecular complexity index is 490. The predicted molar refractivity (Wildman–Crippen MR) is 55.9 cm³/mol. The van der Waals surface area contributed by atoms with E-state index < -0.39 is 0 Å². The Labute approximate surface area is 91.5 Å². The second-order valence-corrected chi connectivity index (χ2v) is 3.47. The molecule has 0 aliphatic carbocycles. The van der Waals surface area contributed by atoms with E-state index in [1.165, 1.54) is 10.9 Å². The lowest BCUT2D eigenvalue weighted by Crippen LogP contribution is -2.09. The van der Waals surface area contributed by atoms with Crippen LogP contribution in [0, 0.1) is 0 Å². The van der Waals surface area contributed by atoms with Crippen molar-refractivity contribution < 1.29 is 4.79 Å². The Kier molecular flexibility index (Phi) is 2.51. The minimum Gasteiger partial charge on any atom is -0.285 e. The molecule has 0 bridgehead atoms. The zero-order valence-electron chi connectivity index (χ0n) is 8.01. The summed E-state index contributed by atoms with van der Waals surface area (Å²) in [6.07, 6.45) is 3.02. The van der Waals surface area contributed by atoms with Crippen LogP contribution < -0.4 is 0 Å². The van der Waals surface area contributed by atoms with E-state index in [0.717, 1.165) is 0 Å². The molecule has 4 nitrogen and oxygen atoms in total. The molecule has 0 aliphatic heterocycles. The van der Waals surface area contributed by atoms with Crippen LogP contribution in [0.3, 0.4) is 0 Å². The van der Waals surface area contributed by atoms with Gasteiger partial charge in [-0.3, -0.25) is 14.5 Å². The van der Waals surface area contributed by atoms with E-state index in [1.807, 2.05) is 0 Å². The van der Waals surface area contributed by atoms with Crippen molar-refractivity contribution in [1.82, 2.24) is 14.8 Å². The smallest absolute Gasteiger partial charge is 0.229 e. The summed E-state index contributed by atoms with van der Waals surface area (Å²) < 4.78 is 1.51. The van der Waals surface area contributed by atoms with Crippen LogP contribution in [0.1, 0.15) is 16.2 Å². The van der Waals surface area contributed by atoms with Gasteiger partial charge in [-0.05, 0) is 18.2 Å². The average molecular weight is 222 g/mol. The fraction of sp³-hybridized carbons (Fsp3) is 0.100. The summed E-state index contributed by atoms with van der Waals surface area (Å²) in [6.45, 7) is 0. The third-order valence-corrected chi connectivity index (χ3v) is 2.24. The van der Waals surface area contributed by atoms with Crippen molar-refractivity contribution in [3.8, 4) is 0 Å². The monoisotopic (exact) mass is 221 g/mol. The van der Waals surface area contributed by atoms with Gasteiger partial charge in [0.1, 0.15) is 11.4 Å². The maximum absolute atomic E-state index is 11.9. The first kappa shape index (κ1) is 9.86. The first-order valence-electron chi connectivity index (χ1n) is 4.33. The molecule has 0 saturated heterocycles. The number of aromatic nitrogens is 3. The maximum Gasteiger partial charge on any atom is 0.229 e. The standard InChI is InChI=1S/C10H8ClN3O/c1-14-9(4-5-13-14)10(15)8-3-2-7(11)6-12-8/h2-6H,1H3. The van der Waals surface area contributed by atoms with Gasteiger partial charge in [-0.2, -0.15) is 5.10 Å². The number of nitrogens with zero attached hydrogens (tertiary/aromatic N) is 3. The molecule has 76 valence electrons. The van der Waals surface area contributed by atoms with E-state index in [2.05, 4.69) is 10.1 Å². The summed E-state index contributed by atoms with van der Waals surface area (Å²) in [5, 5.41) is 4.43. The van der Waals surface area contributed by atoms with Gasteiger partial charge in [-0.1, -0.05) is 11.6 Å². The highest BCUT2D eigenvalue weighted by atomic mass is 35.5.